The summed E-state index contributed by atoms with van der Waals surface area (Å²) in [5.74, 6) is 0.857. The third-order valence-electron chi connectivity index (χ3n) is 2.35. The molecule has 0 fully saturated rings. The van der Waals surface area contributed by atoms with E-state index in [1.165, 1.54) is 11.1 Å². The molecule has 0 radical (unpaired) electrons. The molecule has 0 aliphatic rings. The van der Waals surface area contributed by atoms with Gasteiger partial charge >= 0.3 is 0 Å². The maximum atomic E-state index is 5.21. The number of halogens is 1. The molecule has 16 heavy (non-hydrogen) atoms. The van der Waals surface area contributed by atoms with E-state index in [0.717, 1.165) is 10.2 Å². The molecule has 0 spiro atoms. The first-order valence-electron chi connectivity index (χ1n) is 5.24. The summed E-state index contributed by atoms with van der Waals surface area (Å²) in [6.07, 6.45) is 2.20. The Morgan fingerprint density at radius 3 is 2.56 bits per heavy atom. The van der Waals surface area contributed by atoms with E-state index in [-0.39, 0.29) is 6.04 Å². The lowest BCUT2D eigenvalue weighted by Crippen LogP contribution is -2.14. The maximum absolute atomic E-state index is 5.21. The van der Waals surface area contributed by atoms with Gasteiger partial charge in [-0.2, -0.15) is 0 Å². The second-order valence-corrected chi connectivity index (χ2v) is 4.76. The highest BCUT2D eigenvalue weighted by molar-refractivity contribution is 9.10. The van der Waals surface area contributed by atoms with Gasteiger partial charge in [0.05, 0.1) is 17.6 Å². The summed E-state index contributed by atoms with van der Waals surface area (Å²) in [5.41, 5.74) is 2.52. The predicted molar refractivity (Wildman–Crippen MR) is 71.9 cm³/mol. The molecule has 1 rings (SSSR count). The van der Waals surface area contributed by atoms with Crippen molar-refractivity contribution in [3.63, 3.8) is 0 Å². The summed E-state index contributed by atoms with van der Waals surface area (Å²) < 4.78 is 6.19. The highest BCUT2D eigenvalue weighted by Crippen LogP contribution is 2.28. The minimum absolute atomic E-state index is 0.243. The molecule has 0 aliphatic heterocycles. The van der Waals surface area contributed by atoms with Crippen LogP contribution < -0.4 is 10.1 Å². The van der Waals surface area contributed by atoms with Crippen LogP contribution in [0.3, 0.4) is 0 Å². The highest BCUT2D eigenvalue weighted by Gasteiger charge is 2.08. The van der Waals surface area contributed by atoms with Gasteiger partial charge in [0.15, 0.2) is 0 Å². The van der Waals surface area contributed by atoms with Crippen molar-refractivity contribution in [2.24, 2.45) is 0 Å². The number of hydrogen-bond acceptors (Lipinski definition) is 2. The number of methoxy groups -OCH3 is 1. The van der Waals surface area contributed by atoms with E-state index >= 15 is 0 Å². The van der Waals surface area contributed by atoms with E-state index < -0.39 is 0 Å². The van der Waals surface area contributed by atoms with E-state index in [1.807, 2.05) is 13.1 Å². The fraction of sp³-hybridized carbons (Fsp3) is 0.385. The van der Waals surface area contributed by atoms with Gasteiger partial charge in [-0.1, -0.05) is 17.7 Å². The largest absolute Gasteiger partial charge is 0.496 e. The fourth-order valence-corrected chi connectivity index (χ4v) is 2.11. The van der Waals surface area contributed by atoms with Crippen LogP contribution in [0.2, 0.25) is 0 Å². The van der Waals surface area contributed by atoms with E-state index in [0.29, 0.717) is 0 Å². The fourth-order valence-electron chi connectivity index (χ4n) is 1.56. The Bertz CT molecular complexity index is 384. The molecular weight excluding hydrogens is 266 g/mol. The Morgan fingerprint density at radius 2 is 2.12 bits per heavy atom. The molecule has 0 aromatic heterocycles. The Kier molecular flexibility index (Phi) is 5.03. The Balaban J connectivity index is 3.03. The third kappa shape index (κ3) is 3.35. The van der Waals surface area contributed by atoms with Crippen molar-refractivity contribution in [1.29, 1.82) is 0 Å². The average Bonchev–Trinajstić information content (AvgIpc) is 2.25. The average molecular weight is 284 g/mol. The van der Waals surface area contributed by atoms with Crippen LogP contribution in [0.1, 0.15) is 25.5 Å². The second kappa shape index (κ2) is 6.06. The van der Waals surface area contributed by atoms with Gasteiger partial charge in [-0.3, -0.25) is 0 Å². The van der Waals surface area contributed by atoms with Crippen molar-refractivity contribution in [3.8, 4) is 5.75 Å². The summed E-state index contributed by atoms with van der Waals surface area (Å²) in [5, 5.41) is 3.28. The van der Waals surface area contributed by atoms with Crippen molar-refractivity contribution in [3.05, 3.63) is 39.9 Å². The van der Waals surface area contributed by atoms with Gasteiger partial charge in [0.2, 0.25) is 0 Å². The van der Waals surface area contributed by atoms with E-state index in [1.54, 1.807) is 7.11 Å². The minimum Gasteiger partial charge on any atom is -0.496 e. The van der Waals surface area contributed by atoms with Crippen LogP contribution in [-0.2, 0) is 0 Å². The van der Waals surface area contributed by atoms with Crippen LogP contribution in [-0.4, -0.2) is 14.2 Å². The SMILES string of the molecule is CNC(C=C(C)C)c1ccc(OC)c(Br)c1. The van der Waals surface area contributed by atoms with E-state index in [2.05, 4.69) is 53.3 Å². The minimum atomic E-state index is 0.243. The monoisotopic (exact) mass is 283 g/mol. The summed E-state index contributed by atoms with van der Waals surface area (Å²) in [6, 6.07) is 6.37. The third-order valence-corrected chi connectivity index (χ3v) is 2.97. The van der Waals surface area contributed by atoms with Crippen LogP contribution in [0, 0.1) is 0 Å². The number of likely N-dealkylation sites (N-methyl/N-ethyl adjacent to an activating group) is 1. The Labute approximate surface area is 106 Å². The maximum Gasteiger partial charge on any atom is 0.133 e. The molecule has 0 bridgehead atoms. The number of rotatable bonds is 4. The van der Waals surface area contributed by atoms with Gasteiger partial charge in [-0.15, -0.1) is 0 Å². The molecule has 1 atom stereocenters. The normalized spacial score (nSPS) is 12.1. The van der Waals surface area contributed by atoms with Gasteiger partial charge in [0.25, 0.3) is 0 Å². The molecular formula is C13H18BrNO. The molecule has 0 amide bonds. The lowest BCUT2D eigenvalue weighted by atomic mass is 10.0. The molecule has 88 valence electrons. The molecule has 1 unspecified atom stereocenters. The van der Waals surface area contributed by atoms with Crippen LogP contribution in [0.4, 0.5) is 0 Å². The summed E-state index contributed by atoms with van der Waals surface area (Å²) >= 11 is 3.50. The Morgan fingerprint density at radius 1 is 1.44 bits per heavy atom. The number of ether oxygens (including phenoxy) is 1. The molecule has 1 aromatic carbocycles. The molecule has 1 aromatic rings. The molecule has 2 nitrogen and oxygen atoms in total. The standard InChI is InChI=1S/C13H18BrNO/c1-9(2)7-12(15-3)10-5-6-13(16-4)11(14)8-10/h5-8,12,15H,1-4H3. The quantitative estimate of drug-likeness (QED) is 0.851. The van der Waals surface area contributed by atoms with Crippen molar-refractivity contribution in [2.45, 2.75) is 19.9 Å². The summed E-state index contributed by atoms with van der Waals surface area (Å²) in [4.78, 5) is 0. The topological polar surface area (TPSA) is 21.3 Å². The van der Waals surface area contributed by atoms with Crippen molar-refractivity contribution in [2.75, 3.05) is 14.2 Å². The predicted octanol–water partition coefficient (Wildman–Crippen LogP) is 3.68. The van der Waals surface area contributed by atoms with Crippen molar-refractivity contribution < 1.29 is 4.74 Å². The van der Waals surface area contributed by atoms with E-state index in [9.17, 15) is 0 Å². The number of allylic oxidation sites excluding steroid dienone is 1. The van der Waals surface area contributed by atoms with Gasteiger partial charge in [-0.25, -0.2) is 0 Å². The molecule has 0 saturated heterocycles. The lowest BCUT2D eigenvalue weighted by Gasteiger charge is -2.14. The summed E-state index contributed by atoms with van der Waals surface area (Å²) in [6.45, 7) is 4.20. The zero-order chi connectivity index (χ0) is 12.1. The lowest BCUT2D eigenvalue weighted by molar-refractivity contribution is 0.412. The zero-order valence-electron chi connectivity index (χ0n) is 10.2. The van der Waals surface area contributed by atoms with Crippen LogP contribution in [0.25, 0.3) is 0 Å². The van der Waals surface area contributed by atoms with Gasteiger partial charge in [-0.05, 0) is 54.5 Å². The van der Waals surface area contributed by atoms with Crippen LogP contribution in [0.15, 0.2) is 34.3 Å². The molecule has 3 heteroatoms. The molecule has 0 heterocycles. The van der Waals surface area contributed by atoms with Gasteiger partial charge in [0, 0.05) is 0 Å². The Hall–Kier alpha value is -0.800. The zero-order valence-corrected chi connectivity index (χ0v) is 11.8. The van der Waals surface area contributed by atoms with Crippen LogP contribution in [0.5, 0.6) is 5.75 Å². The summed E-state index contributed by atoms with van der Waals surface area (Å²) in [7, 11) is 3.63. The molecule has 1 N–H and O–H groups in total. The van der Waals surface area contributed by atoms with Gasteiger partial charge in [0.1, 0.15) is 5.75 Å². The number of benzene rings is 1. The second-order valence-electron chi connectivity index (χ2n) is 3.90. The highest BCUT2D eigenvalue weighted by atomic mass is 79.9. The molecule has 0 aliphatic carbocycles. The molecule has 0 saturated carbocycles. The van der Waals surface area contributed by atoms with Gasteiger partial charge < -0.3 is 10.1 Å². The van der Waals surface area contributed by atoms with E-state index in [4.69, 9.17) is 4.74 Å². The first-order valence-corrected chi connectivity index (χ1v) is 6.03. The first-order chi connectivity index (χ1) is 7.58. The number of nitrogens with one attached hydrogen (secondary N) is 1. The van der Waals surface area contributed by atoms with Crippen molar-refractivity contribution in [1.82, 2.24) is 5.32 Å². The first kappa shape index (κ1) is 13.3. The smallest absolute Gasteiger partial charge is 0.133 e. The van der Waals surface area contributed by atoms with Crippen LogP contribution >= 0.6 is 15.9 Å². The number of hydrogen-bond donors (Lipinski definition) is 1. The van der Waals surface area contributed by atoms with Crippen molar-refractivity contribution >= 4 is 15.9 Å².